The summed E-state index contributed by atoms with van der Waals surface area (Å²) in [4.78, 5) is 32.6. The number of hydrogen-bond donors (Lipinski definition) is 1. The van der Waals surface area contributed by atoms with Gasteiger partial charge in [0.15, 0.2) is 0 Å². The van der Waals surface area contributed by atoms with Crippen molar-refractivity contribution < 1.29 is 24.0 Å². The molecule has 0 aliphatic carbocycles. The summed E-state index contributed by atoms with van der Waals surface area (Å²) in [6.45, 7) is 0.00560. The van der Waals surface area contributed by atoms with Crippen LogP contribution < -0.4 is 10.1 Å². The first-order valence-electron chi connectivity index (χ1n) is 5.73. The lowest BCUT2D eigenvalue weighted by atomic mass is 10.1. The van der Waals surface area contributed by atoms with Crippen LogP contribution in [0, 0.1) is 10.1 Å². The molecule has 21 heavy (non-hydrogen) atoms. The molecule has 1 amide bonds. The lowest BCUT2D eigenvalue weighted by molar-refractivity contribution is -0.384. The van der Waals surface area contributed by atoms with Crippen molar-refractivity contribution in [3.8, 4) is 5.75 Å². The predicted molar refractivity (Wildman–Crippen MR) is 76.7 cm³/mol. The highest BCUT2D eigenvalue weighted by Gasteiger charge is 2.20. The van der Waals surface area contributed by atoms with Crippen molar-refractivity contribution in [3.05, 3.63) is 33.9 Å². The average Bonchev–Trinajstić information content (AvgIpc) is 2.50. The van der Waals surface area contributed by atoms with E-state index in [0.29, 0.717) is 0 Å². The van der Waals surface area contributed by atoms with Gasteiger partial charge in [0.1, 0.15) is 10.6 Å². The molecule has 1 rings (SSSR count). The SMILES string of the molecule is COC(=O)C(Br)CNC(=O)c1ccc([N+](=O)[O-])cc1OC. The normalized spacial score (nSPS) is 11.4. The number of nitro benzene ring substituents is 1. The number of nitrogens with one attached hydrogen (secondary N) is 1. The lowest BCUT2D eigenvalue weighted by Crippen LogP contribution is -2.34. The fourth-order valence-electron chi connectivity index (χ4n) is 1.47. The Hall–Kier alpha value is -2.16. The number of non-ortho nitro benzene ring substituents is 1. The summed E-state index contributed by atoms with van der Waals surface area (Å²) in [5, 5.41) is 13.2. The predicted octanol–water partition coefficient (Wildman–Crippen LogP) is 1.27. The van der Waals surface area contributed by atoms with E-state index < -0.39 is 21.6 Å². The number of amides is 1. The molecule has 1 atom stereocenters. The fraction of sp³-hybridized carbons (Fsp3) is 0.333. The Morgan fingerprint density at radius 1 is 1.43 bits per heavy atom. The Labute approximate surface area is 128 Å². The van der Waals surface area contributed by atoms with Crippen molar-refractivity contribution in [1.82, 2.24) is 5.32 Å². The second-order valence-electron chi connectivity index (χ2n) is 3.84. The molecule has 0 saturated carbocycles. The van der Waals surface area contributed by atoms with Crippen molar-refractivity contribution in [2.45, 2.75) is 4.83 Å². The minimum atomic E-state index is -0.685. The third-order valence-corrected chi connectivity index (χ3v) is 3.24. The van der Waals surface area contributed by atoms with E-state index in [1.165, 1.54) is 26.4 Å². The van der Waals surface area contributed by atoms with Gasteiger partial charge in [0.2, 0.25) is 0 Å². The smallest absolute Gasteiger partial charge is 0.321 e. The van der Waals surface area contributed by atoms with Gasteiger partial charge < -0.3 is 14.8 Å². The molecule has 0 saturated heterocycles. The Morgan fingerprint density at radius 3 is 2.62 bits per heavy atom. The Bertz CT molecular complexity index is 563. The van der Waals surface area contributed by atoms with E-state index >= 15 is 0 Å². The van der Waals surface area contributed by atoms with Gasteiger partial charge in [0.05, 0.1) is 30.8 Å². The van der Waals surface area contributed by atoms with Crippen LogP contribution in [-0.2, 0) is 9.53 Å². The van der Waals surface area contributed by atoms with Gasteiger partial charge in [0.25, 0.3) is 11.6 Å². The molecule has 114 valence electrons. The maximum Gasteiger partial charge on any atom is 0.321 e. The first-order chi connectivity index (χ1) is 9.90. The molecule has 1 unspecified atom stereocenters. The molecular weight excluding hydrogens is 348 g/mol. The number of rotatable bonds is 6. The van der Waals surface area contributed by atoms with E-state index in [1.807, 2.05) is 0 Å². The van der Waals surface area contributed by atoms with Crippen LogP contribution in [0.3, 0.4) is 0 Å². The summed E-state index contributed by atoms with van der Waals surface area (Å²) >= 11 is 3.06. The molecule has 1 N–H and O–H groups in total. The molecule has 0 fully saturated rings. The molecule has 0 radical (unpaired) electrons. The van der Waals surface area contributed by atoms with E-state index in [-0.39, 0.29) is 23.5 Å². The summed E-state index contributed by atoms with van der Waals surface area (Å²) in [7, 11) is 2.54. The van der Waals surface area contributed by atoms with Crippen molar-refractivity contribution in [2.24, 2.45) is 0 Å². The summed E-state index contributed by atoms with van der Waals surface area (Å²) in [6, 6.07) is 3.64. The number of ether oxygens (including phenoxy) is 2. The minimum absolute atomic E-state index is 0.00560. The van der Waals surface area contributed by atoms with Crippen LogP contribution in [0.25, 0.3) is 0 Å². The van der Waals surface area contributed by atoms with Crippen LogP contribution in [0.2, 0.25) is 0 Å². The van der Waals surface area contributed by atoms with Crippen molar-refractivity contribution in [2.75, 3.05) is 20.8 Å². The second-order valence-corrected chi connectivity index (χ2v) is 4.95. The standard InChI is InChI=1S/C12H13BrN2O6/c1-20-10-5-7(15(18)19)3-4-8(10)11(16)14-6-9(13)12(17)21-2/h3-5,9H,6H2,1-2H3,(H,14,16). The highest BCUT2D eigenvalue weighted by Crippen LogP contribution is 2.24. The molecule has 0 bridgehead atoms. The van der Waals surface area contributed by atoms with Gasteiger partial charge in [-0.1, -0.05) is 15.9 Å². The van der Waals surface area contributed by atoms with Gasteiger partial charge >= 0.3 is 5.97 Å². The van der Waals surface area contributed by atoms with Gasteiger partial charge in [-0.2, -0.15) is 0 Å². The highest BCUT2D eigenvalue weighted by atomic mass is 79.9. The number of esters is 1. The molecule has 0 aliphatic heterocycles. The minimum Gasteiger partial charge on any atom is -0.496 e. The largest absolute Gasteiger partial charge is 0.496 e. The van der Waals surface area contributed by atoms with Crippen LogP contribution in [0.1, 0.15) is 10.4 Å². The first kappa shape index (κ1) is 16.9. The van der Waals surface area contributed by atoms with Crippen LogP contribution in [0.15, 0.2) is 18.2 Å². The third kappa shape index (κ3) is 4.42. The number of nitro groups is 1. The van der Waals surface area contributed by atoms with Gasteiger partial charge in [-0.05, 0) is 6.07 Å². The number of methoxy groups -OCH3 is 2. The topological polar surface area (TPSA) is 108 Å². The van der Waals surface area contributed by atoms with Gasteiger partial charge in [-0.15, -0.1) is 0 Å². The molecule has 1 aromatic carbocycles. The van der Waals surface area contributed by atoms with E-state index in [1.54, 1.807) is 0 Å². The first-order valence-corrected chi connectivity index (χ1v) is 6.64. The highest BCUT2D eigenvalue weighted by molar-refractivity contribution is 9.10. The summed E-state index contributed by atoms with van der Waals surface area (Å²) < 4.78 is 9.46. The van der Waals surface area contributed by atoms with E-state index in [0.717, 1.165) is 6.07 Å². The lowest BCUT2D eigenvalue weighted by Gasteiger charge is -2.11. The zero-order chi connectivity index (χ0) is 16.0. The van der Waals surface area contributed by atoms with Gasteiger partial charge in [-0.3, -0.25) is 19.7 Å². The maximum atomic E-state index is 12.0. The zero-order valence-corrected chi connectivity index (χ0v) is 12.9. The van der Waals surface area contributed by atoms with Crippen molar-refractivity contribution >= 4 is 33.5 Å². The zero-order valence-electron chi connectivity index (χ0n) is 11.3. The Balaban J connectivity index is 2.83. The fourth-order valence-corrected chi connectivity index (χ4v) is 1.82. The molecule has 0 heterocycles. The molecular formula is C12H13BrN2O6. The Kier molecular flexibility index (Phi) is 6.10. The molecule has 0 aliphatic rings. The molecule has 1 aromatic rings. The molecule has 8 nitrogen and oxygen atoms in total. The van der Waals surface area contributed by atoms with Crippen LogP contribution >= 0.6 is 15.9 Å². The second kappa shape index (κ2) is 7.58. The summed E-state index contributed by atoms with van der Waals surface area (Å²) in [5.41, 5.74) is -0.0519. The van der Waals surface area contributed by atoms with E-state index in [9.17, 15) is 19.7 Å². The third-order valence-electron chi connectivity index (χ3n) is 2.54. The average molecular weight is 361 g/mol. The Morgan fingerprint density at radius 2 is 2.10 bits per heavy atom. The van der Waals surface area contributed by atoms with Gasteiger partial charge in [-0.25, -0.2) is 0 Å². The number of carbonyl (C=O) groups excluding carboxylic acids is 2. The molecule has 0 aromatic heterocycles. The molecule has 0 spiro atoms. The van der Waals surface area contributed by atoms with Crippen molar-refractivity contribution in [3.63, 3.8) is 0 Å². The van der Waals surface area contributed by atoms with E-state index in [2.05, 4.69) is 26.0 Å². The van der Waals surface area contributed by atoms with Crippen molar-refractivity contribution in [1.29, 1.82) is 0 Å². The van der Waals surface area contributed by atoms with Gasteiger partial charge in [0, 0.05) is 12.6 Å². The molecule has 9 heteroatoms. The summed E-state index contributed by atoms with van der Waals surface area (Å²) in [6.07, 6.45) is 0. The number of alkyl halides is 1. The number of hydrogen-bond acceptors (Lipinski definition) is 6. The number of halogens is 1. The monoisotopic (exact) mass is 360 g/mol. The van der Waals surface area contributed by atoms with Crippen LogP contribution in [0.4, 0.5) is 5.69 Å². The number of nitrogens with zero attached hydrogens (tertiary/aromatic N) is 1. The van der Waals surface area contributed by atoms with E-state index in [4.69, 9.17) is 4.74 Å². The number of carbonyl (C=O) groups is 2. The number of benzene rings is 1. The summed E-state index contributed by atoms with van der Waals surface area (Å²) in [5.74, 6) is -0.966. The van der Waals surface area contributed by atoms with Crippen LogP contribution in [0.5, 0.6) is 5.75 Å². The maximum absolute atomic E-state index is 12.0. The quantitative estimate of drug-likeness (QED) is 0.354. The van der Waals surface area contributed by atoms with Crippen LogP contribution in [-0.4, -0.2) is 42.4 Å².